The highest BCUT2D eigenvalue weighted by Crippen LogP contribution is 2.15. The highest BCUT2D eigenvalue weighted by molar-refractivity contribution is 5.92. The van der Waals surface area contributed by atoms with Gasteiger partial charge in [-0.3, -0.25) is 4.79 Å². The van der Waals surface area contributed by atoms with E-state index in [0.717, 1.165) is 24.6 Å². The van der Waals surface area contributed by atoms with Crippen molar-refractivity contribution in [1.29, 1.82) is 0 Å². The number of nitrogens with one attached hydrogen (secondary N) is 1. The van der Waals surface area contributed by atoms with Crippen molar-refractivity contribution in [2.75, 3.05) is 11.9 Å². The van der Waals surface area contributed by atoms with Gasteiger partial charge >= 0.3 is 5.97 Å². The first-order valence-corrected chi connectivity index (χ1v) is 12.2. The summed E-state index contributed by atoms with van der Waals surface area (Å²) >= 11 is 0. The number of ether oxygens (including phenoxy) is 1. The number of primary amides is 1. The molecule has 1 unspecified atom stereocenters. The molecule has 0 aliphatic rings. The topological polar surface area (TPSA) is 81.4 Å². The number of unbranched alkanes of at least 4 members (excludes halogenated alkanes) is 10. The number of hydrogen-bond donors (Lipinski definition) is 2. The van der Waals surface area contributed by atoms with Gasteiger partial charge in [0.05, 0.1) is 5.56 Å². The molecule has 1 aromatic carbocycles. The molecule has 0 bridgehead atoms. The summed E-state index contributed by atoms with van der Waals surface area (Å²) in [6.45, 7) is 7.01. The zero-order valence-electron chi connectivity index (χ0n) is 20.0. The largest absolute Gasteiger partial charge is 0.449 e. The van der Waals surface area contributed by atoms with Crippen molar-refractivity contribution in [3.8, 4) is 0 Å². The van der Waals surface area contributed by atoms with Gasteiger partial charge in [-0.15, -0.1) is 0 Å². The second-order valence-corrected chi connectivity index (χ2v) is 9.03. The third-order valence-electron chi connectivity index (χ3n) is 5.59. The molecule has 1 atom stereocenters. The summed E-state index contributed by atoms with van der Waals surface area (Å²) in [5.74, 6) is -0.339. The Kier molecular flexibility index (Phi) is 14.5. The molecule has 0 radical (unpaired) electrons. The Morgan fingerprint density at radius 3 is 1.77 bits per heavy atom. The lowest BCUT2D eigenvalue weighted by molar-refractivity contribution is -0.125. The van der Waals surface area contributed by atoms with Crippen molar-refractivity contribution < 1.29 is 14.3 Å². The molecule has 5 heteroatoms. The van der Waals surface area contributed by atoms with Gasteiger partial charge in [0.2, 0.25) is 0 Å². The van der Waals surface area contributed by atoms with Crippen LogP contribution in [0.3, 0.4) is 0 Å². The number of anilines is 1. The van der Waals surface area contributed by atoms with Crippen molar-refractivity contribution in [2.24, 2.45) is 11.7 Å². The van der Waals surface area contributed by atoms with E-state index >= 15 is 0 Å². The third kappa shape index (κ3) is 13.8. The molecule has 31 heavy (non-hydrogen) atoms. The summed E-state index contributed by atoms with van der Waals surface area (Å²) in [4.78, 5) is 22.9. The average Bonchev–Trinajstić information content (AvgIpc) is 2.74. The number of carbonyl (C=O) groups excluding carboxylic acids is 2. The van der Waals surface area contributed by atoms with Crippen molar-refractivity contribution in [1.82, 2.24) is 0 Å². The van der Waals surface area contributed by atoms with E-state index in [1.807, 2.05) is 12.1 Å². The number of nitrogens with two attached hydrogens (primary N) is 1. The first-order valence-electron chi connectivity index (χ1n) is 12.2. The van der Waals surface area contributed by atoms with Gasteiger partial charge in [-0.1, -0.05) is 84.5 Å². The van der Waals surface area contributed by atoms with Crippen LogP contribution in [0.2, 0.25) is 0 Å². The van der Waals surface area contributed by atoms with Crippen molar-refractivity contribution in [3.05, 3.63) is 29.8 Å². The van der Waals surface area contributed by atoms with Crippen LogP contribution in [0.1, 0.15) is 108 Å². The number of rotatable bonds is 18. The first kappa shape index (κ1) is 27.0. The zero-order valence-corrected chi connectivity index (χ0v) is 20.0. The van der Waals surface area contributed by atoms with Gasteiger partial charge in [0.25, 0.3) is 5.91 Å². The summed E-state index contributed by atoms with van der Waals surface area (Å²) in [6, 6.07) is 7.11. The smallest absolute Gasteiger partial charge is 0.338 e. The number of carbonyl (C=O) groups is 2. The maximum Gasteiger partial charge on any atom is 0.338 e. The van der Waals surface area contributed by atoms with Crippen LogP contribution in [-0.4, -0.2) is 24.5 Å². The monoisotopic (exact) mass is 432 g/mol. The van der Waals surface area contributed by atoms with Crippen LogP contribution in [0.15, 0.2) is 24.3 Å². The highest BCUT2D eigenvalue weighted by atomic mass is 16.5. The van der Waals surface area contributed by atoms with Gasteiger partial charge in [0.1, 0.15) is 0 Å². The quantitative estimate of drug-likeness (QED) is 0.206. The van der Waals surface area contributed by atoms with Gasteiger partial charge in [-0.2, -0.15) is 0 Å². The number of hydrogen-bond acceptors (Lipinski definition) is 4. The Morgan fingerprint density at radius 2 is 1.29 bits per heavy atom. The van der Waals surface area contributed by atoms with Crippen LogP contribution < -0.4 is 11.1 Å². The average molecular weight is 433 g/mol. The molecular formula is C26H44N2O3. The molecule has 1 rings (SSSR count). The Labute approximate surface area is 189 Å². The molecular weight excluding hydrogens is 388 g/mol. The SMILES string of the molecule is CC(C)CCCCCCCCCCCCCNc1ccc(C(=O)OC(C)C(N)=O)cc1. The second kappa shape index (κ2) is 16.6. The van der Waals surface area contributed by atoms with E-state index in [9.17, 15) is 9.59 Å². The lowest BCUT2D eigenvalue weighted by Crippen LogP contribution is -2.30. The summed E-state index contributed by atoms with van der Waals surface area (Å²) in [6.07, 6.45) is 15.3. The van der Waals surface area contributed by atoms with Crippen LogP contribution in [0, 0.1) is 5.92 Å². The molecule has 0 aliphatic carbocycles. The molecule has 0 spiro atoms. The Bertz CT molecular complexity index is 614. The van der Waals surface area contributed by atoms with E-state index in [1.165, 1.54) is 77.6 Å². The Balaban J connectivity index is 1.99. The first-order chi connectivity index (χ1) is 14.9. The molecule has 0 aromatic heterocycles. The second-order valence-electron chi connectivity index (χ2n) is 9.03. The minimum absolute atomic E-state index is 0.411. The molecule has 176 valence electrons. The van der Waals surface area contributed by atoms with E-state index in [4.69, 9.17) is 10.5 Å². The molecule has 0 saturated heterocycles. The van der Waals surface area contributed by atoms with E-state index in [-0.39, 0.29) is 0 Å². The van der Waals surface area contributed by atoms with Crippen molar-refractivity contribution in [2.45, 2.75) is 104 Å². The van der Waals surface area contributed by atoms with Gasteiger partial charge in [0, 0.05) is 12.2 Å². The van der Waals surface area contributed by atoms with Gasteiger partial charge in [-0.05, 0) is 43.5 Å². The summed E-state index contributed by atoms with van der Waals surface area (Å²) in [5, 5.41) is 3.39. The Hall–Kier alpha value is -2.04. The minimum atomic E-state index is -0.926. The van der Waals surface area contributed by atoms with Crippen molar-refractivity contribution >= 4 is 17.6 Å². The fraction of sp³-hybridized carbons (Fsp3) is 0.692. The van der Waals surface area contributed by atoms with Crippen molar-refractivity contribution in [3.63, 3.8) is 0 Å². The molecule has 1 amide bonds. The predicted octanol–water partition coefficient (Wildman–Crippen LogP) is 6.47. The fourth-order valence-corrected chi connectivity index (χ4v) is 3.51. The van der Waals surface area contributed by atoms with E-state index in [2.05, 4.69) is 19.2 Å². The normalized spacial score (nSPS) is 12.0. The number of benzene rings is 1. The molecule has 0 saturated carbocycles. The molecule has 0 aliphatic heterocycles. The fourth-order valence-electron chi connectivity index (χ4n) is 3.51. The summed E-state index contributed by atoms with van der Waals surface area (Å²) in [7, 11) is 0. The van der Waals surface area contributed by atoms with Gasteiger partial charge < -0.3 is 15.8 Å². The molecule has 0 fully saturated rings. The standard InChI is InChI=1S/C26H44N2O3/c1-21(2)15-13-11-9-7-5-4-6-8-10-12-14-20-28-24-18-16-23(17-19-24)26(30)31-22(3)25(27)29/h16-19,21-22,28H,4-15,20H2,1-3H3,(H2,27,29). The number of esters is 1. The van der Waals surface area contributed by atoms with Gasteiger partial charge in [0.15, 0.2) is 6.10 Å². The molecule has 3 N–H and O–H groups in total. The minimum Gasteiger partial charge on any atom is -0.449 e. The Morgan fingerprint density at radius 1 is 0.806 bits per heavy atom. The maximum absolute atomic E-state index is 11.9. The van der Waals surface area contributed by atoms with E-state index < -0.39 is 18.0 Å². The third-order valence-corrected chi connectivity index (χ3v) is 5.59. The van der Waals surface area contributed by atoms with Crippen LogP contribution >= 0.6 is 0 Å². The molecule has 1 aromatic rings. The van der Waals surface area contributed by atoms with E-state index in [1.54, 1.807) is 12.1 Å². The predicted molar refractivity (Wildman–Crippen MR) is 129 cm³/mol. The van der Waals surface area contributed by atoms with Crippen LogP contribution in [0.25, 0.3) is 0 Å². The lowest BCUT2D eigenvalue weighted by Gasteiger charge is -2.10. The van der Waals surface area contributed by atoms with Crippen LogP contribution in [0.5, 0.6) is 0 Å². The van der Waals surface area contributed by atoms with Crippen LogP contribution in [-0.2, 0) is 9.53 Å². The lowest BCUT2D eigenvalue weighted by atomic mass is 10.0. The summed E-state index contributed by atoms with van der Waals surface area (Å²) < 4.78 is 4.99. The highest BCUT2D eigenvalue weighted by Gasteiger charge is 2.15. The maximum atomic E-state index is 11.9. The molecule has 0 heterocycles. The number of amides is 1. The summed E-state index contributed by atoms with van der Waals surface area (Å²) in [5.41, 5.74) is 6.50. The van der Waals surface area contributed by atoms with Crippen LogP contribution in [0.4, 0.5) is 5.69 Å². The zero-order chi connectivity index (χ0) is 22.9. The van der Waals surface area contributed by atoms with Gasteiger partial charge in [-0.25, -0.2) is 4.79 Å². The molecule has 5 nitrogen and oxygen atoms in total. The van der Waals surface area contributed by atoms with E-state index in [0.29, 0.717) is 5.56 Å².